The molecule has 0 radical (unpaired) electrons. The molecule has 1 heterocycles. The Morgan fingerprint density at radius 1 is 1.13 bits per heavy atom. The van der Waals surface area contributed by atoms with E-state index in [1.54, 1.807) is 7.11 Å². The Morgan fingerprint density at radius 3 is 2.48 bits per heavy atom. The minimum absolute atomic E-state index is 0. The predicted molar refractivity (Wildman–Crippen MR) is 98.2 cm³/mol. The van der Waals surface area contributed by atoms with Crippen LogP contribution in [-0.2, 0) is 0 Å². The van der Waals surface area contributed by atoms with E-state index in [0.717, 1.165) is 48.3 Å². The molecule has 2 aromatic carbocycles. The van der Waals surface area contributed by atoms with E-state index in [4.69, 9.17) is 4.74 Å². The number of methoxy groups -OCH3 is 1. The summed E-state index contributed by atoms with van der Waals surface area (Å²) in [6.07, 6.45) is 0. The lowest BCUT2D eigenvalue weighted by atomic mass is 9.96. The summed E-state index contributed by atoms with van der Waals surface area (Å²) in [5.74, 6) is 0.773. The Hall–Kier alpha value is -1.07. The number of ether oxygens (including phenoxy) is 1. The average Bonchev–Trinajstić information content (AvgIpc) is 2.56. The lowest BCUT2D eigenvalue weighted by molar-refractivity contribution is 0.146. The molecule has 0 aromatic heterocycles. The average molecular weight is 361 g/mol. The standard InChI is InChI=1S/C17H21FN2O.2ClH/c1-21-16-7-6-13-4-2-3-5-14(13)17(16)15(12-18)20-10-8-19-9-11-20;;/h2-7,15,19H,8-12H2,1H3;2*1H/t15-;;/m1../s1. The third kappa shape index (κ3) is 4.07. The molecule has 6 heteroatoms. The van der Waals surface area contributed by atoms with Crippen LogP contribution in [0.3, 0.4) is 0 Å². The summed E-state index contributed by atoms with van der Waals surface area (Å²) in [5, 5.41) is 5.52. The maximum atomic E-state index is 13.9. The highest BCUT2D eigenvalue weighted by Crippen LogP contribution is 2.36. The summed E-state index contributed by atoms with van der Waals surface area (Å²) in [6.45, 7) is 3.14. The first-order chi connectivity index (χ1) is 10.3. The van der Waals surface area contributed by atoms with Gasteiger partial charge in [-0.25, -0.2) is 4.39 Å². The fourth-order valence-corrected chi connectivity index (χ4v) is 3.15. The van der Waals surface area contributed by atoms with Gasteiger partial charge in [-0.3, -0.25) is 4.90 Å². The summed E-state index contributed by atoms with van der Waals surface area (Å²) >= 11 is 0. The summed E-state index contributed by atoms with van der Waals surface area (Å²) < 4.78 is 19.4. The fourth-order valence-electron chi connectivity index (χ4n) is 3.15. The van der Waals surface area contributed by atoms with E-state index >= 15 is 0 Å². The van der Waals surface area contributed by atoms with E-state index in [9.17, 15) is 4.39 Å². The molecule has 0 aliphatic carbocycles. The highest BCUT2D eigenvalue weighted by Gasteiger charge is 2.26. The Balaban J connectivity index is 0.00000132. The first-order valence-electron chi connectivity index (χ1n) is 7.41. The molecule has 2 aromatic rings. The summed E-state index contributed by atoms with van der Waals surface area (Å²) in [6, 6.07) is 11.9. The number of halogens is 3. The number of hydrogen-bond donors (Lipinski definition) is 1. The van der Waals surface area contributed by atoms with E-state index in [0.29, 0.717) is 0 Å². The highest BCUT2D eigenvalue weighted by molar-refractivity contribution is 5.88. The molecule has 3 rings (SSSR count). The van der Waals surface area contributed by atoms with Crippen LogP contribution >= 0.6 is 24.8 Å². The van der Waals surface area contributed by atoms with Gasteiger partial charge in [0.2, 0.25) is 0 Å². The van der Waals surface area contributed by atoms with Crippen molar-refractivity contribution in [3.8, 4) is 5.75 Å². The second-order valence-corrected chi connectivity index (χ2v) is 5.36. The third-order valence-corrected chi connectivity index (χ3v) is 4.22. The van der Waals surface area contributed by atoms with Crippen molar-refractivity contribution >= 4 is 35.6 Å². The maximum Gasteiger partial charge on any atom is 0.124 e. The zero-order chi connectivity index (χ0) is 14.7. The van der Waals surface area contributed by atoms with Crippen LogP contribution in [0.4, 0.5) is 4.39 Å². The number of nitrogens with zero attached hydrogens (tertiary/aromatic N) is 1. The van der Waals surface area contributed by atoms with Gasteiger partial charge < -0.3 is 10.1 Å². The molecule has 1 aliphatic heterocycles. The van der Waals surface area contributed by atoms with Crippen molar-refractivity contribution in [3.63, 3.8) is 0 Å². The number of hydrogen-bond acceptors (Lipinski definition) is 3. The maximum absolute atomic E-state index is 13.9. The minimum atomic E-state index is -0.398. The number of fused-ring (bicyclic) bond motifs is 1. The highest BCUT2D eigenvalue weighted by atomic mass is 35.5. The van der Waals surface area contributed by atoms with Gasteiger partial charge in [0, 0.05) is 31.7 Å². The summed E-state index contributed by atoms with van der Waals surface area (Å²) in [7, 11) is 1.65. The smallest absolute Gasteiger partial charge is 0.124 e. The molecule has 1 atom stereocenters. The van der Waals surface area contributed by atoms with Crippen LogP contribution < -0.4 is 10.1 Å². The van der Waals surface area contributed by atoms with Crippen LogP contribution in [0.15, 0.2) is 36.4 Å². The van der Waals surface area contributed by atoms with Gasteiger partial charge >= 0.3 is 0 Å². The van der Waals surface area contributed by atoms with Crippen molar-refractivity contribution in [3.05, 3.63) is 42.0 Å². The molecular formula is C17H23Cl2FN2O. The minimum Gasteiger partial charge on any atom is -0.496 e. The molecule has 0 spiro atoms. The Morgan fingerprint density at radius 2 is 1.83 bits per heavy atom. The van der Waals surface area contributed by atoms with Gasteiger partial charge in [0.15, 0.2) is 0 Å². The van der Waals surface area contributed by atoms with E-state index in [2.05, 4.69) is 22.3 Å². The third-order valence-electron chi connectivity index (χ3n) is 4.22. The quantitative estimate of drug-likeness (QED) is 0.901. The molecule has 1 fully saturated rings. The van der Waals surface area contributed by atoms with Crippen molar-refractivity contribution in [2.24, 2.45) is 0 Å². The van der Waals surface area contributed by atoms with Crippen LogP contribution in [0.2, 0.25) is 0 Å². The molecule has 128 valence electrons. The molecule has 1 saturated heterocycles. The van der Waals surface area contributed by atoms with Gasteiger partial charge in [-0.1, -0.05) is 30.3 Å². The normalized spacial score (nSPS) is 16.3. The van der Waals surface area contributed by atoms with Gasteiger partial charge in [0.25, 0.3) is 0 Å². The van der Waals surface area contributed by atoms with E-state index in [1.165, 1.54) is 0 Å². The first kappa shape index (κ1) is 20.0. The second kappa shape index (κ2) is 9.28. The molecule has 1 aliphatic rings. The Labute approximate surface area is 149 Å². The van der Waals surface area contributed by atoms with E-state index in [1.807, 2.05) is 24.3 Å². The van der Waals surface area contributed by atoms with Crippen LogP contribution in [0, 0.1) is 0 Å². The molecule has 0 amide bonds. The number of benzene rings is 2. The Bertz CT molecular complexity index is 621. The number of piperazine rings is 1. The largest absolute Gasteiger partial charge is 0.496 e. The molecular weight excluding hydrogens is 338 g/mol. The first-order valence-corrected chi connectivity index (χ1v) is 7.41. The van der Waals surface area contributed by atoms with Crippen LogP contribution in [-0.4, -0.2) is 44.9 Å². The second-order valence-electron chi connectivity index (χ2n) is 5.36. The van der Waals surface area contributed by atoms with Crippen molar-refractivity contribution in [1.82, 2.24) is 10.2 Å². The van der Waals surface area contributed by atoms with Crippen LogP contribution in [0.25, 0.3) is 10.8 Å². The molecule has 1 N–H and O–H groups in total. The zero-order valence-corrected chi connectivity index (χ0v) is 14.8. The van der Waals surface area contributed by atoms with Gasteiger partial charge in [0.1, 0.15) is 12.4 Å². The van der Waals surface area contributed by atoms with Crippen molar-refractivity contribution in [1.29, 1.82) is 0 Å². The fraction of sp³-hybridized carbons (Fsp3) is 0.412. The molecule has 0 saturated carbocycles. The van der Waals surface area contributed by atoms with Gasteiger partial charge in [-0.05, 0) is 16.8 Å². The van der Waals surface area contributed by atoms with E-state index < -0.39 is 6.67 Å². The predicted octanol–water partition coefficient (Wildman–Crippen LogP) is 3.61. The van der Waals surface area contributed by atoms with Crippen LogP contribution in [0.5, 0.6) is 5.75 Å². The lowest BCUT2D eigenvalue weighted by Crippen LogP contribution is -2.45. The number of rotatable bonds is 4. The molecule has 0 bridgehead atoms. The molecule has 0 unspecified atom stereocenters. The van der Waals surface area contributed by atoms with Crippen molar-refractivity contribution < 1.29 is 9.13 Å². The zero-order valence-electron chi connectivity index (χ0n) is 13.1. The monoisotopic (exact) mass is 360 g/mol. The van der Waals surface area contributed by atoms with Gasteiger partial charge in [-0.2, -0.15) is 0 Å². The van der Waals surface area contributed by atoms with Crippen LogP contribution in [0.1, 0.15) is 11.6 Å². The number of alkyl halides is 1. The number of nitrogens with one attached hydrogen (secondary N) is 1. The van der Waals surface area contributed by atoms with Crippen molar-refractivity contribution in [2.75, 3.05) is 40.0 Å². The summed E-state index contributed by atoms with van der Waals surface area (Å²) in [4.78, 5) is 2.21. The molecule has 23 heavy (non-hydrogen) atoms. The lowest BCUT2D eigenvalue weighted by Gasteiger charge is -2.34. The van der Waals surface area contributed by atoms with E-state index in [-0.39, 0.29) is 30.9 Å². The van der Waals surface area contributed by atoms with Gasteiger partial charge in [0.05, 0.1) is 13.2 Å². The van der Waals surface area contributed by atoms with Crippen molar-refractivity contribution in [2.45, 2.75) is 6.04 Å². The summed E-state index contributed by atoms with van der Waals surface area (Å²) in [5.41, 5.74) is 0.972. The Kier molecular flexibility index (Phi) is 8.06. The van der Waals surface area contributed by atoms with Gasteiger partial charge in [-0.15, -0.1) is 24.8 Å². The molecule has 3 nitrogen and oxygen atoms in total. The SMILES string of the molecule is COc1ccc2ccccc2c1[C@@H](CF)N1CCNCC1.Cl.Cl. The topological polar surface area (TPSA) is 24.5 Å².